The molecule has 0 fully saturated rings. The van der Waals surface area contributed by atoms with Crippen LogP contribution in [0.3, 0.4) is 0 Å². The third kappa shape index (κ3) is 4.84. The molecule has 32 heavy (non-hydrogen) atoms. The van der Waals surface area contributed by atoms with Gasteiger partial charge in [-0.1, -0.05) is 102 Å². The van der Waals surface area contributed by atoms with Crippen LogP contribution in [0.15, 0.2) is 78.9 Å². The van der Waals surface area contributed by atoms with Gasteiger partial charge < -0.3 is 4.74 Å². The molecule has 0 saturated heterocycles. The summed E-state index contributed by atoms with van der Waals surface area (Å²) in [5.74, 6) is -0.493. The van der Waals surface area contributed by atoms with Gasteiger partial charge in [0.05, 0.1) is 25.3 Å². The molecule has 6 heteroatoms. The number of nitrogens with one attached hydrogen (secondary N) is 1. The summed E-state index contributed by atoms with van der Waals surface area (Å²) in [5.41, 5.74) is 1.29. The Morgan fingerprint density at radius 2 is 1.50 bits per heavy atom. The van der Waals surface area contributed by atoms with Gasteiger partial charge in [0, 0.05) is 10.6 Å². The lowest BCUT2D eigenvalue weighted by molar-refractivity contribution is -0.150. The third-order valence-corrected chi connectivity index (χ3v) is 9.56. The van der Waals surface area contributed by atoms with Crippen molar-refractivity contribution in [3.8, 4) is 6.07 Å². The molecule has 0 radical (unpaired) electrons. The standard InChI is InChI=1S/C26H27N2O2PS/c1-4-30-25(29)26(15-16-27,22-18-20(2)17-21(3)19-22)28-31(32,23-11-7-5-8-12-23)24-13-9-6-10-14-24/h5-14,17-19H,4,15H2,1-3H3,(H,28,32)/t26-/m1/s1. The first-order valence-corrected chi connectivity index (χ1v) is 13.3. The second-order valence-corrected chi connectivity index (χ2v) is 11.8. The fraction of sp³-hybridized carbons (Fsp3) is 0.231. The lowest BCUT2D eigenvalue weighted by Crippen LogP contribution is -2.51. The van der Waals surface area contributed by atoms with Gasteiger partial charge in [-0.3, -0.25) is 5.09 Å². The van der Waals surface area contributed by atoms with Gasteiger partial charge in [-0.25, -0.2) is 4.79 Å². The number of nitrogens with zero attached hydrogens (tertiary/aromatic N) is 1. The first-order valence-electron chi connectivity index (χ1n) is 10.5. The number of carbonyl (C=O) groups excluding carboxylic acids is 1. The molecular weight excluding hydrogens is 435 g/mol. The molecule has 0 heterocycles. The summed E-state index contributed by atoms with van der Waals surface area (Å²) in [6.45, 7) is 5.92. The number of ether oxygens (including phenoxy) is 1. The van der Waals surface area contributed by atoms with Crippen molar-refractivity contribution in [2.45, 2.75) is 32.7 Å². The van der Waals surface area contributed by atoms with Crippen molar-refractivity contribution in [1.29, 1.82) is 5.26 Å². The van der Waals surface area contributed by atoms with Crippen molar-refractivity contribution in [2.75, 3.05) is 6.61 Å². The van der Waals surface area contributed by atoms with Crippen LogP contribution in [0.2, 0.25) is 0 Å². The maximum atomic E-state index is 13.6. The largest absolute Gasteiger partial charge is 0.464 e. The molecular formula is C26H27N2O2PS. The van der Waals surface area contributed by atoms with E-state index >= 15 is 0 Å². The van der Waals surface area contributed by atoms with Crippen molar-refractivity contribution in [2.24, 2.45) is 0 Å². The Labute approximate surface area is 195 Å². The van der Waals surface area contributed by atoms with E-state index in [-0.39, 0.29) is 13.0 Å². The highest BCUT2D eigenvalue weighted by Gasteiger charge is 2.46. The van der Waals surface area contributed by atoms with Crippen molar-refractivity contribution < 1.29 is 9.53 Å². The lowest BCUT2D eigenvalue weighted by Gasteiger charge is -2.38. The molecule has 3 aromatic carbocycles. The SMILES string of the molecule is CCOC(=O)[C@](CC#N)(NP(=S)(c1ccccc1)c1ccccc1)c1cc(C)cc(C)c1. The van der Waals surface area contributed by atoms with E-state index in [0.29, 0.717) is 5.56 Å². The van der Waals surface area contributed by atoms with Gasteiger partial charge in [0.2, 0.25) is 0 Å². The lowest BCUT2D eigenvalue weighted by atomic mass is 9.86. The van der Waals surface area contributed by atoms with Crippen molar-refractivity contribution in [3.63, 3.8) is 0 Å². The van der Waals surface area contributed by atoms with Crippen LogP contribution in [0, 0.1) is 25.2 Å². The molecule has 0 saturated carbocycles. The summed E-state index contributed by atoms with van der Waals surface area (Å²) in [5, 5.41) is 15.2. The molecule has 1 N–H and O–H groups in total. The Balaban J connectivity index is 2.31. The van der Waals surface area contributed by atoms with Crippen molar-refractivity contribution in [3.05, 3.63) is 95.6 Å². The smallest absolute Gasteiger partial charge is 0.332 e. The van der Waals surface area contributed by atoms with E-state index in [0.717, 1.165) is 21.7 Å². The zero-order chi connectivity index (χ0) is 23.2. The summed E-state index contributed by atoms with van der Waals surface area (Å²) in [6.07, 6.45) is -2.82. The van der Waals surface area contributed by atoms with Gasteiger partial charge in [-0.15, -0.1) is 0 Å². The second-order valence-electron chi connectivity index (χ2n) is 7.73. The van der Waals surface area contributed by atoms with Crippen LogP contribution >= 0.6 is 6.19 Å². The average Bonchev–Trinajstić information content (AvgIpc) is 2.79. The van der Waals surface area contributed by atoms with Crippen LogP contribution in [-0.4, -0.2) is 12.6 Å². The number of nitriles is 1. The highest BCUT2D eigenvalue weighted by Crippen LogP contribution is 2.46. The fourth-order valence-electron chi connectivity index (χ4n) is 3.86. The van der Waals surface area contributed by atoms with E-state index in [1.165, 1.54) is 0 Å². The normalized spacial score (nSPS) is 13.1. The van der Waals surface area contributed by atoms with E-state index in [1.807, 2.05) is 92.7 Å². The number of rotatable bonds is 8. The van der Waals surface area contributed by atoms with Gasteiger partial charge in [0.1, 0.15) is 0 Å². The van der Waals surface area contributed by atoms with E-state index in [1.54, 1.807) is 6.92 Å². The van der Waals surface area contributed by atoms with E-state index in [4.69, 9.17) is 16.5 Å². The third-order valence-electron chi connectivity index (χ3n) is 5.27. The minimum atomic E-state index is -2.72. The average molecular weight is 463 g/mol. The number of benzene rings is 3. The summed E-state index contributed by atoms with van der Waals surface area (Å²) in [7, 11) is 0. The Morgan fingerprint density at radius 3 is 1.94 bits per heavy atom. The summed E-state index contributed by atoms with van der Waals surface area (Å²) in [6, 6.07) is 27.7. The number of carbonyl (C=O) groups is 1. The minimum absolute atomic E-state index is 0.104. The van der Waals surface area contributed by atoms with Crippen molar-refractivity contribution in [1.82, 2.24) is 5.09 Å². The Bertz CT molecular complexity index is 1110. The summed E-state index contributed by atoms with van der Waals surface area (Å²) in [4.78, 5) is 13.6. The van der Waals surface area contributed by atoms with E-state index in [9.17, 15) is 10.1 Å². The molecule has 0 aliphatic heterocycles. The highest BCUT2D eigenvalue weighted by atomic mass is 32.4. The minimum Gasteiger partial charge on any atom is -0.464 e. The molecule has 0 aliphatic carbocycles. The van der Waals surface area contributed by atoms with Gasteiger partial charge >= 0.3 is 5.97 Å². The summed E-state index contributed by atoms with van der Waals surface area (Å²) < 4.78 is 5.53. The number of hydrogen-bond donors (Lipinski definition) is 1. The quantitative estimate of drug-likeness (QED) is 0.391. The van der Waals surface area contributed by atoms with Crippen molar-refractivity contribution >= 4 is 34.6 Å². The predicted octanol–water partition coefficient (Wildman–Crippen LogP) is 4.61. The Morgan fingerprint density at radius 1 is 1.00 bits per heavy atom. The molecule has 3 rings (SSSR count). The van der Waals surface area contributed by atoms with Gasteiger partial charge in [-0.05, 0) is 26.3 Å². The second kappa shape index (κ2) is 10.2. The van der Waals surface area contributed by atoms with Crippen LogP contribution in [0.25, 0.3) is 0 Å². The van der Waals surface area contributed by atoms with Crippen LogP contribution in [0.4, 0.5) is 0 Å². The van der Waals surface area contributed by atoms with Gasteiger partial charge in [-0.2, -0.15) is 5.26 Å². The molecule has 3 aromatic rings. The molecule has 0 bridgehead atoms. The van der Waals surface area contributed by atoms with Crippen LogP contribution < -0.4 is 15.7 Å². The monoisotopic (exact) mass is 462 g/mol. The van der Waals surface area contributed by atoms with Crippen LogP contribution in [0.1, 0.15) is 30.0 Å². The first-order chi connectivity index (χ1) is 15.4. The van der Waals surface area contributed by atoms with Crippen LogP contribution in [0.5, 0.6) is 0 Å². The molecule has 164 valence electrons. The first kappa shape index (κ1) is 23.9. The van der Waals surface area contributed by atoms with Crippen LogP contribution in [-0.2, 0) is 26.9 Å². The van der Waals surface area contributed by atoms with Gasteiger partial charge in [0.25, 0.3) is 0 Å². The molecule has 1 atom stereocenters. The van der Waals surface area contributed by atoms with Gasteiger partial charge in [0.15, 0.2) is 5.54 Å². The predicted molar refractivity (Wildman–Crippen MR) is 134 cm³/mol. The van der Waals surface area contributed by atoms with E-state index < -0.39 is 17.7 Å². The molecule has 0 aliphatic rings. The Kier molecular flexibility index (Phi) is 7.64. The fourth-order valence-corrected chi connectivity index (χ4v) is 7.63. The molecule has 0 unspecified atom stereocenters. The molecule has 0 amide bonds. The maximum absolute atomic E-state index is 13.6. The zero-order valence-corrected chi connectivity index (χ0v) is 20.2. The highest BCUT2D eigenvalue weighted by molar-refractivity contribution is 8.21. The Hall–Kier alpha value is -2.77. The number of esters is 1. The van der Waals surface area contributed by atoms with E-state index in [2.05, 4.69) is 11.2 Å². The zero-order valence-electron chi connectivity index (χ0n) is 18.5. The molecule has 4 nitrogen and oxygen atoms in total. The number of aryl methyl sites for hydroxylation is 2. The summed E-state index contributed by atoms with van der Waals surface area (Å²) >= 11 is 6.35. The topological polar surface area (TPSA) is 62.1 Å². The molecule has 0 spiro atoms. The maximum Gasteiger partial charge on any atom is 0.332 e. The molecule has 0 aromatic heterocycles. The number of hydrogen-bond acceptors (Lipinski definition) is 4.